The van der Waals surface area contributed by atoms with Crippen LogP contribution in [0.4, 0.5) is 5.69 Å². The SMILES string of the molecule is Cc1ccc([C@@H]2SCC(=O)N2c2ccc(I)cc2)cc1. The molecule has 0 N–H and O–H groups in total. The van der Waals surface area contributed by atoms with Crippen molar-refractivity contribution in [2.75, 3.05) is 10.7 Å². The zero-order valence-corrected chi connectivity index (χ0v) is 14.0. The van der Waals surface area contributed by atoms with E-state index in [1.54, 1.807) is 11.8 Å². The molecule has 1 saturated heterocycles. The molecule has 1 atom stereocenters. The molecule has 2 aromatic rings. The van der Waals surface area contributed by atoms with E-state index in [2.05, 4.69) is 53.8 Å². The van der Waals surface area contributed by atoms with Gasteiger partial charge in [0, 0.05) is 9.26 Å². The predicted octanol–water partition coefficient (Wildman–Crippen LogP) is 4.38. The van der Waals surface area contributed by atoms with E-state index in [-0.39, 0.29) is 11.3 Å². The molecule has 4 heteroatoms. The highest BCUT2D eigenvalue weighted by atomic mass is 127. The highest BCUT2D eigenvalue weighted by Crippen LogP contribution is 2.41. The minimum absolute atomic E-state index is 0.0863. The fourth-order valence-corrected chi connectivity index (χ4v) is 3.82. The number of hydrogen-bond donors (Lipinski definition) is 0. The average Bonchev–Trinajstić information content (AvgIpc) is 2.83. The largest absolute Gasteiger partial charge is 0.295 e. The third-order valence-electron chi connectivity index (χ3n) is 3.34. The van der Waals surface area contributed by atoms with Crippen molar-refractivity contribution in [3.8, 4) is 0 Å². The maximum absolute atomic E-state index is 12.2. The zero-order chi connectivity index (χ0) is 14.1. The third-order valence-corrected chi connectivity index (χ3v) is 5.27. The summed E-state index contributed by atoms with van der Waals surface area (Å²) < 4.78 is 1.18. The second-order valence-electron chi connectivity index (χ2n) is 4.81. The normalized spacial score (nSPS) is 18.6. The highest BCUT2D eigenvalue weighted by Gasteiger charge is 2.33. The van der Waals surface area contributed by atoms with Crippen LogP contribution in [0, 0.1) is 10.5 Å². The quantitative estimate of drug-likeness (QED) is 0.704. The first kappa shape index (κ1) is 13.9. The number of carbonyl (C=O) groups is 1. The fourth-order valence-electron chi connectivity index (χ4n) is 2.28. The molecule has 102 valence electrons. The van der Waals surface area contributed by atoms with Crippen LogP contribution in [0.15, 0.2) is 48.5 Å². The lowest BCUT2D eigenvalue weighted by molar-refractivity contribution is -0.115. The maximum atomic E-state index is 12.2. The lowest BCUT2D eigenvalue weighted by Gasteiger charge is -2.24. The Labute approximate surface area is 136 Å². The van der Waals surface area contributed by atoms with Gasteiger partial charge in [0.15, 0.2) is 0 Å². The molecule has 1 heterocycles. The molecule has 3 rings (SSSR count). The molecule has 1 aliphatic heterocycles. The van der Waals surface area contributed by atoms with E-state index in [1.807, 2.05) is 29.2 Å². The second-order valence-corrected chi connectivity index (χ2v) is 7.13. The topological polar surface area (TPSA) is 20.3 Å². The molecule has 0 radical (unpaired) electrons. The summed E-state index contributed by atoms with van der Waals surface area (Å²) in [5, 5.41) is 0.0863. The molecule has 0 aliphatic carbocycles. The van der Waals surface area contributed by atoms with E-state index >= 15 is 0 Å². The van der Waals surface area contributed by atoms with Crippen LogP contribution in [-0.2, 0) is 4.79 Å². The van der Waals surface area contributed by atoms with Gasteiger partial charge >= 0.3 is 0 Å². The number of aryl methyl sites for hydroxylation is 1. The van der Waals surface area contributed by atoms with Gasteiger partial charge in [0.2, 0.25) is 5.91 Å². The van der Waals surface area contributed by atoms with Crippen molar-refractivity contribution in [3.63, 3.8) is 0 Å². The number of nitrogens with zero attached hydrogens (tertiary/aromatic N) is 1. The molecule has 1 fully saturated rings. The first-order valence-electron chi connectivity index (χ1n) is 6.41. The molecule has 0 aromatic heterocycles. The summed E-state index contributed by atoms with van der Waals surface area (Å²) in [4.78, 5) is 14.1. The van der Waals surface area contributed by atoms with Crippen LogP contribution < -0.4 is 4.90 Å². The summed E-state index contributed by atoms with van der Waals surface area (Å²) in [7, 11) is 0. The summed E-state index contributed by atoms with van der Waals surface area (Å²) >= 11 is 3.97. The Morgan fingerprint density at radius 3 is 2.40 bits per heavy atom. The van der Waals surface area contributed by atoms with E-state index in [4.69, 9.17) is 0 Å². The van der Waals surface area contributed by atoms with Crippen molar-refractivity contribution >= 4 is 45.9 Å². The molecule has 1 aliphatic rings. The third kappa shape index (κ3) is 2.72. The summed E-state index contributed by atoms with van der Waals surface area (Å²) in [6.07, 6.45) is 0. The van der Waals surface area contributed by atoms with Gasteiger partial charge in [-0.2, -0.15) is 0 Å². The van der Waals surface area contributed by atoms with Gasteiger partial charge in [0.05, 0.1) is 5.75 Å². The Hall–Kier alpha value is -1.01. The maximum Gasteiger partial charge on any atom is 0.238 e. The number of anilines is 1. The summed E-state index contributed by atoms with van der Waals surface area (Å²) in [5.74, 6) is 0.728. The summed E-state index contributed by atoms with van der Waals surface area (Å²) in [6.45, 7) is 2.08. The number of thioether (sulfide) groups is 1. The Morgan fingerprint density at radius 1 is 1.10 bits per heavy atom. The van der Waals surface area contributed by atoms with E-state index in [0.29, 0.717) is 5.75 Å². The predicted molar refractivity (Wildman–Crippen MR) is 93.0 cm³/mol. The van der Waals surface area contributed by atoms with Crippen LogP contribution in [0.3, 0.4) is 0 Å². The number of carbonyl (C=O) groups excluding carboxylic acids is 1. The van der Waals surface area contributed by atoms with Gasteiger partial charge in [-0.1, -0.05) is 29.8 Å². The number of benzene rings is 2. The highest BCUT2D eigenvalue weighted by molar-refractivity contribution is 14.1. The van der Waals surface area contributed by atoms with Gasteiger partial charge in [-0.25, -0.2) is 0 Å². The Morgan fingerprint density at radius 2 is 1.75 bits per heavy atom. The van der Waals surface area contributed by atoms with Crippen molar-refractivity contribution in [1.82, 2.24) is 0 Å². The monoisotopic (exact) mass is 395 g/mol. The van der Waals surface area contributed by atoms with Crippen LogP contribution in [0.5, 0.6) is 0 Å². The van der Waals surface area contributed by atoms with Gasteiger partial charge in [0.25, 0.3) is 0 Å². The van der Waals surface area contributed by atoms with Crippen LogP contribution in [0.25, 0.3) is 0 Å². The number of halogens is 1. The molecule has 2 aromatic carbocycles. The van der Waals surface area contributed by atoms with Gasteiger partial charge in [0.1, 0.15) is 5.37 Å². The number of rotatable bonds is 2. The van der Waals surface area contributed by atoms with E-state index in [1.165, 1.54) is 14.7 Å². The van der Waals surface area contributed by atoms with Crippen molar-refractivity contribution in [2.45, 2.75) is 12.3 Å². The van der Waals surface area contributed by atoms with Crippen LogP contribution in [0.1, 0.15) is 16.5 Å². The van der Waals surface area contributed by atoms with Gasteiger partial charge in [-0.05, 0) is 59.3 Å². The Bertz CT molecular complexity index is 624. The fraction of sp³-hybridized carbons (Fsp3) is 0.188. The first-order valence-corrected chi connectivity index (χ1v) is 8.54. The smallest absolute Gasteiger partial charge is 0.238 e. The van der Waals surface area contributed by atoms with Crippen LogP contribution in [-0.4, -0.2) is 11.7 Å². The number of hydrogen-bond acceptors (Lipinski definition) is 2. The first-order chi connectivity index (χ1) is 9.65. The van der Waals surface area contributed by atoms with E-state index in [9.17, 15) is 4.79 Å². The second kappa shape index (κ2) is 5.77. The van der Waals surface area contributed by atoms with Crippen LogP contribution in [0.2, 0.25) is 0 Å². The van der Waals surface area contributed by atoms with Crippen molar-refractivity contribution < 1.29 is 4.79 Å². The van der Waals surface area contributed by atoms with E-state index in [0.717, 1.165) is 5.69 Å². The molecule has 2 nitrogen and oxygen atoms in total. The lowest BCUT2D eigenvalue weighted by atomic mass is 10.1. The summed E-state index contributed by atoms with van der Waals surface area (Å²) in [6, 6.07) is 16.6. The standard InChI is InChI=1S/C16H14INOS/c1-11-2-4-12(5-3-11)16-18(15(19)10-20-16)14-8-6-13(17)7-9-14/h2-9,16H,10H2,1H3/t16-/m0/s1. The molecular formula is C16H14INOS. The van der Waals surface area contributed by atoms with Gasteiger partial charge in [-0.15, -0.1) is 11.8 Å². The van der Waals surface area contributed by atoms with Gasteiger partial charge in [-0.3, -0.25) is 9.69 Å². The van der Waals surface area contributed by atoms with Gasteiger partial charge < -0.3 is 0 Å². The lowest BCUT2D eigenvalue weighted by Crippen LogP contribution is -2.27. The summed E-state index contributed by atoms with van der Waals surface area (Å²) in [5.41, 5.74) is 3.40. The number of amides is 1. The zero-order valence-electron chi connectivity index (χ0n) is 11.0. The Kier molecular flexibility index (Phi) is 4.03. The molecule has 0 unspecified atom stereocenters. The molecule has 20 heavy (non-hydrogen) atoms. The molecule has 0 saturated carbocycles. The molecule has 0 bridgehead atoms. The average molecular weight is 395 g/mol. The van der Waals surface area contributed by atoms with E-state index < -0.39 is 0 Å². The van der Waals surface area contributed by atoms with Crippen molar-refractivity contribution in [2.24, 2.45) is 0 Å². The molecular weight excluding hydrogens is 381 g/mol. The molecule has 1 amide bonds. The van der Waals surface area contributed by atoms with Crippen molar-refractivity contribution in [1.29, 1.82) is 0 Å². The van der Waals surface area contributed by atoms with Crippen molar-refractivity contribution in [3.05, 3.63) is 63.2 Å². The minimum Gasteiger partial charge on any atom is -0.295 e. The Balaban J connectivity index is 1.96. The minimum atomic E-state index is 0.0863. The molecule has 0 spiro atoms. The van der Waals surface area contributed by atoms with Crippen LogP contribution >= 0.6 is 34.4 Å².